The molecule has 2 fully saturated rings. The Balaban J connectivity index is 1.20. The fourth-order valence-corrected chi connectivity index (χ4v) is 7.05. The van der Waals surface area contributed by atoms with Gasteiger partial charge in [0.15, 0.2) is 0 Å². The van der Waals surface area contributed by atoms with Crippen molar-refractivity contribution in [2.24, 2.45) is 17.8 Å². The van der Waals surface area contributed by atoms with Crippen molar-refractivity contribution in [3.63, 3.8) is 0 Å². The van der Waals surface area contributed by atoms with Crippen LogP contribution in [0.15, 0.2) is 120 Å². The van der Waals surface area contributed by atoms with E-state index in [-0.39, 0.29) is 29.6 Å². The lowest BCUT2D eigenvalue weighted by Crippen LogP contribution is -2.35. The van der Waals surface area contributed by atoms with Crippen molar-refractivity contribution in [2.45, 2.75) is 25.4 Å². The number of hydrogen-bond donors (Lipinski definition) is 1. The molecule has 1 N–H and O–H groups in total. The van der Waals surface area contributed by atoms with E-state index >= 15 is 0 Å². The fourth-order valence-electron chi connectivity index (χ4n) is 7.05. The number of anilines is 1. The van der Waals surface area contributed by atoms with Crippen molar-refractivity contribution in [3.05, 3.63) is 132 Å². The number of aromatic hydroxyl groups is 1. The molecular formula is C38H34N2O5. The predicted molar refractivity (Wildman–Crippen MR) is 172 cm³/mol. The summed E-state index contributed by atoms with van der Waals surface area (Å²) < 4.78 is 12.7. The standard InChI is InChI=1S/C38H34N2O5/c41-29-13-9-10-25(21-29)20-26(33-16-7-8-19-39-33)17-18-34-35-27(23-44-30-14-5-2-6-15-30)22-31-36(32(35)24-45-34)38(43)40(37(31)42)28-11-3-1-4-12-28/h1-16,19-21,31-32,34,36,41H,17-18,22-24H2/b26-20-/t31-,32+,34-,36-/m1/s1. The van der Waals surface area contributed by atoms with Crippen LogP contribution < -0.4 is 9.64 Å². The average Bonchev–Trinajstić information content (AvgIpc) is 3.61. The second kappa shape index (κ2) is 12.5. The van der Waals surface area contributed by atoms with E-state index in [0.29, 0.717) is 38.2 Å². The minimum Gasteiger partial charge on any atom is -0.508 e. The summed E-state index contributed by atoms with van der Waals surface area (Å²) in [6.07, 6.45) is 5.40. The van der Waals surface area contributed by atoms with Gasteiger partial charge in [0.25, 0.3) is 0 Å². The molecule has 0 radical (unpaired) electrons. The van der Waals surface area contributed by atoms with Crippen LogP contribution in [-0.2, 0) is 14.3 Å². The lowest BCUT2D eigenvalue weighted by Gasteiger charge is -2.31. The number of phenolic OH excluding ortho intramolecular Hbond substituents is 1. The van der Waals surface area contributed by atoms with Gasteiger partial charge in [0.05, 0.1) is 35.9 Å². The smallest absolute Gasteiger partial charge is 0.238 e. The molecule has 0 bridgehead atoms. The van der Waals surface area contributed by atoms with Gasteiger partial charge in [-0.25, -0.2) is 0 Å². The summed E-state index contributed by atoms with van der Waals surface area (Å²) in [4.78, 5) is 33.7. The number of fused-ring (bicyclic) bond motifs is 3. The Hall–Kier alpha value is -5.01. The Morgan fingerprint density at radius 2 is 1.69 bits per heavy atom. The molecular weight excluding hydrogens is 564 g/mol. The monoisotopic (exact) mass is 598 g/mol. The Labute approximate surface area is 262 Å². The quantitative estimate of drug-likeness (QED) is 0.170. The minimum absolute atomic E-state index is 0.149. The van der Waals surface area contributed by atoms with Crippen LogP contribution in [0.3, 0.4) is 0 Å². The Morgan fingerprint density at radius 1 is 0.911 bits per heavy atom. The average molecular weight is 599 g/mol. The van der Waals surface area contributed by atoms with E-state index in [2.05, 4.69) is 11.1 Å². The number of carbonyl (C=O) groups excluding carboxylic acids is 2. The van der Waals surface area contributed by atoms with Crippen LogP contribution in [0.5, 0.6) is 11.5 Å². The highest BCUT2D eigenvalue weighted by Gasteiger charge is 2.57. The zero-order chi connectivity index (χ0) is 30.8. The number of pyridine rings is 1. The number of aromatic nitrogens is 1. The van der Waals surface area contributed by atoms with Crippen LogP contribution in [0, 0.1) is 17.8 Å². The summed E-state index contributed by atoms with van der Waals surface area (Å²) in [5.41, 5.74) is 5.51. The number of imide groups is 1. The van der Waals surface area contributed by atoms with Gasteiger partial charge in [-0.15, -0.1) is 0 Å². The van der Waals surface area contributed by atoms with Crippen LogP contribution in [0.4, 0.5) is 5.69 Å². The van der Waals surface area contributed by atoms with Crippen molar-refractivity contribution < 1.29 is 24.2 Å². The van der Waals surface area contributed by atoms with Gasteiger partial charge < -0.3 is 14.6 Å². The molecule has 3 aliphatic rings. The third-order valence-electron chi connectivity index (χ3n) is 9.06. The van der Waals surface area contributed by atoms with E-state index in [1.165, 1.54) is 4.90 Å². The molecule has 4 atom stereocenters. The summed E-state index contributed by atoms with van der Waals surface area (Å²) in [6, 6.07) is 31.8. The van der Waals surface area contributed by atoms with Gasteiger partial charge in [-0.1, -0.05) is 54.6 Å². The number of allylic oxidation sites excluding steroid dienone is 1. The third-order valence-corrected chi connectivity index (χ3v) is 9.06. The topological polar surface area (TPSA) is 89.0 Å². The molecule has 226 valence electrons. The van der Waals surface area contributed by atoms with E-state index in [1.807, 2.05) is 91.0 Å². The molecule has 0 unspecified atom stereocenters. The van der Waals surface area contributed by atoms with Crippen molar-refractivity contribution in [1.82, 2.24) is 4.98 Å². The first-order chi connectivity index (χ1) is 22.1. The number of benzene rings is 3. The highest BCUT2D eigenvalue weighted by atomic mass is 16.5. The number of ether oxygens (including phenoxy) is 2. The summed E-state index contributed by atoms with van der Waals surface area (Å²) in [5.74, 6) is -0.440. The molecule has 3 heterocycles. The van der Waals surface area contributed by atoms with Crippen LogP contribution in [-0.4, -0.2) is 41.2 Å². The number of carbonyl (C=O) groups is 2. The van der Waals surface area contributed by atoms with E-state index in [9.17, 15) is 14.7 Å². The summed E-state index contributed by atoms with van der Waals surface area (Å²) >= 11 is 0. The predicted octanol–water partition coefficient (Wildman–Crippen LogP) is 6.71. The van der Waals surface area contributed by atoms with Crippen molar-refractivity contribution in [3.8, 4) is 11.5 Å². The van der Waals surface area contributed by atoms with Gasteiger partial charge in [-0.05, 0) is 96.2 Å². The molecule has 7 rings (SSSR count). The highest BCUT2D eigenvalue weighted by Crippen LogP contribution is 2.50. The van der Waals surface area contributed by atoms with Crippen LogP contribution >= 0.6 is 0 Å². The van der Waals surface area contributed by atoms with Crippen LogP contribution in [0.2, 0.25) is 0 Å². The maximum absolute atomic E-state index is 13.9. The zero-order valence-corrected chi connectivity index (χ0v) is 24.8. The molecule has 7 nitrogen and oxygen atoms in total. The Bertz CT molecular complexity index is 1750. The Kier molecular flexibility index (Phi) is 8.01. The fraction of sp³-hybridized carbons (Fsp3) is 0.237. The second-order valence-corrected chi connectivity index (χ2v) is 11.8. The molecule has 4 aromatic rings. The van der Waals surface area contributed by atoms with Gasteiger partial charge >= 0.3 is 0 Å². The van der Waals surface area contributed by atoms with Gasteiger partial charge in [-0.2, -0.15) is 0 Å². The van der Waals surface area contributed by atoms with Gasteiger partial charge in [0.2, 0.25) is 11.8 Å². The molecule has 1 aliphatic carbocycles. The molecule has 45 heavy (non-hydrogen) atoms. The first-order valence-electron chi connectivity index (χ1n) is 15.4. The molecule has 0 saturated carbocycles. The number of nitrogens with zero attached hydrogens (tertiary/aromatic N) is 2. The lowest BCUT2D eigenvalue weighted by molar-refractivity contribution is -0.122. The van der Waals surface area contributed by atoms with E-state index in [4.69, 9.17) is 9.47 Å². The van der Waals surface area contributed by atoms with Gasteiger partial charge in [0, 0.05) is 12.1 Å². The highest BCUT2D eigenvalue weighted by molar-refractivity contribution is 6.22. The van der Waals surface area contributed by atoms with Crippen LogP contribution in [0.25, 0.3) is 11.6 Å². The number of rotatable bonds is 9. The molecule has 3 aromatic carbocycles. The number of phenols is 1. The number of para-hydroxylation sites is 2. The number of amides is 2. The maximum Gasteiger partial charge on any atom is 0.238 e. The number of hydrogen-bond acceptors (Lipinski definition) is 6. The zero-order valence-electron chi connectivity index (χ0n) is 24.8. The SMILES string of the molecule is O=C1[C@@H]2[C@@H](CC(COc3ccccc3)=C3[C@@H](CC/C(=C/c4cccc(O)c4)c4ccccn4)OC[C@@H]32)C(=O)N1c1ccccc1. The molecule has 2 saturated heterocycles. The van der Waals surface area contributed by atoms with Crippen LogP contribution in [0.1, 0.15) is 30.5 Å². The van der Waals surface area contributed by atoms with E-state index in [1.54, 1.807) is 18.3 Å². The normalized spacial score (nSPS) is 22.8. The largest absolute Gasteiger partial charge is 0.508 e. The molecule has 1 aromatic heterocycles. The molecule has 2 amide bonds. The van der Waals surface area contributed by atoms with Crippen molar-refractivity contribution in [2.75, 3.05) is 18.1 Å². The first kappa shape index (κ1) is 28.7. The van der Waals surface area contributed by atoms with Gasteiger partial charge in [-0.3, -0.25) is 19.5 Å². The summed E-state index contributed by atoms with van der Waals surface area (Å²) in [7, 11) is 0. The molecule has 0 spiro atoms. The van der Waals surface area contributed by atoms with Crippen molar-refractivity contribution in [1.29, 1.82) is 0 Å². The first-order valence-corrected chi connectivity index (χ1v) is 15.4. The van der Waals surface area contributed by atoms with Crippen molar-refractivity contribution >= 4 is 29.2 Å². The summed E-state index contributed by atoms with van der Waals surface area (Å²) in [6.45, 7) is 0.713. The van der Waals surface area contributed by atoms with Gasteiger partial charge in [0.1, 0.15) is 18.1 Å². The molecule has 2 aliphatic heterocycles. The third kappa shape index (κ3) is 5.79. The second-order valence-electron chi connectivity index (χ2n) is 11.8. The van der Waals surface area contributed by atoms with E-state index in [0.717, 1.165) is 33.7 Å². The maximum atomic E-state index is 13.9. The van der Waals surface area contributed by atoms with E-state index < -0.39 is 11.8 Å². The molecule has 7 heteroatoms. The summed E-state index contributed by atoms with van der Waals surface area (Å²) in [5, 5.41) is 10.1. The Morgan fingerprint density at radius 3 is 2.44 bits per heavy atom. The lowest BCUT2D eigenvalue weighted by atomic mass is 9.69. The minimum atomic E-state index is -0.462.